The molecular weight excluding hydrogens is 1470 g/mol. The Morgan fingerprint density at radius 2 is 0.402 bits per heavy atom. The predicted octanol–water partition coefficient (Wildman–Crippen LogP) is 22.9. The molecule has 0 radical (unpaired) electrons. The van der Waals surface area contributed by atoms with Gasteiger partial charge in [0.2, 0.25) is 47.1 Å². The summed E-state index contributed by atoms with van der Waals surface area (Å²) in [6.07, 6.45) is 0. The summed E-state index contributed by atoms with van der Waals surface area (Å²) >= 11 is 0. The highest BCUT2D eigenvalue weighted by molar-refractivity contribution is 5.88. The zero-order valence-electron chi connectivity index (χ0n) is 67.4. The summed E-state index contributed by atoms with van der Waals surface area (Å²) < 4.78 is 63.6. The Morgan fingerprint density at radius 1 is 0.239 bits per heavy atom. The molecule has 20 nitrogen and oxygen atoms in total. The van der Waals surface area contributed by atoms with Crippen LogP contribution in [0.5, 0.6) is 34.5 Å². The smallest absolute Gasteiger partial charge is 0.335 e. The average molecular weight is 1560 g/mol. The second kappa shape index (κ2) is 33.4. The molecule has 0 aliphatic rings. The molecule has 0 unspecified atom stereocenters. The third-order valence-electron chi connectivity index (χ3n) is 19.9. The molecular formula is C97H90N8O12. The van der Waals surface area contributed by atoms with Crippen LogP contribution in [0.1, 0.15) is 149 Å². The molecule has 0 bridgehead atoms. The van der Waals surface area contributed by atoms with Crippen LogP contribution in [0.15, 0.2) is 266 Å². The SMILES string of the molecule is CC(C)(C)c1ccc(-c2nnc(-c3ccc(COc4cc(COc5cc(OCc6cc(OCc7ccc(-c8nnc(-c9ccc(C(C)(C)C)cc9)o8)cc7)cc(OCc7ccc(-c8nnc(-c9ccc(C(C)(C)C)cc9)o8)cc7)c6)cc(C(=O)O)c5)cc(OCc5ccc(-c6nnc(-c7ccc(C(C)(C)C)cc7)o6)cc5)c4)cc3)o2)cc1. The van der Waals surface area contributed by atoms with Crippen molar-refractivity contribution in [3.8, 4) is 126 Å². The minimum atomic E-state index is -1.18. The van der Waals surface area contributed by atoms with Gasteiger partial charge < -0.3 is 51.2 Å². The lowest BCUT2D eigenvalue weighted by Crippen LogP contribution is -2.10. The van der Waals surface area contributed by atoms with Gasteiger partial charge in [0, 0.05) is 62.7 Å². The molecule has 4 heterocycles. The van der Waals surface area contributed by atoms with E-state index >= 15 is 0 Å². The Kier molecular flexibility index (Phi) is 22.4. The van der Waals surface area contributed by atoms with E-state index in [4.69, 9.17) is 46.1 Å². The van der Waals surface area contributed by atoms with E-state index in [0.717, 1.165) is 66.8 Å². The summed E-state index contributed by atoms with van der Waals surface area (Å²) in [5.74, 6) is 4.60. The summed E-state index contributed by atoms with van der Waals surface area (Å²) in [4.78, 5) is 12.9. The third-order valence-corrected chi connectivity index (χ3v) is 19.9. The van der Waals surface area contributed by atoms with Gasteiger partial charge >= 0.3 is 5.97 Å². The molecule has 0 aliphatic carbocycles. The number of hydrogen-bond acceptors (Lipinski definition) is 19. The molecule has 0 fully saturated rings. The van der Waals surface area contributed by atoms with Gasteiger partial charge in [0.1, 0.15) is 74.1 Å². The minimum Gasteiger partial charge on any atom is -0.489 e. The van der Waals surface area contributed by atoms with Crippen molar-refractivity contribution < 1.29 is 56.0 Å². The molecule has 0 atom stereocenters. The standard InChI is InChI=1S/C97H90N8O12/c1-94(2,3)75-37-29-70(30-38-75)89-102-98-85(114-89)66-21-13-60(14-22-66)54-108-79-45-64(46-80(51-79)109-55-61-15-23-67(24-16-61)86-99-103-90(115-86)71-31-39-76(40-32-71)95(4,5)6)58-112-83-49-74(93(106)107)50-84(53-83)113-59-65-47-81(110-56-62-17-25-68(26-18-62)87-100-104-91(116-87)72-33-41-77(42-34-72)96(7,8)9)52-82(48-65)111-57-63-19-27-69(28-20-63)88-101-105-92(117-88)73-35-43-78(44-36-73)97(10,11)12/h13-53H,54-59H2,1-12H3,(H,106,107). The fourth-order valence-corrected chi connectivity index (χ4v) is 12.9. The van der Waals surface area contributed by atoms with Crippen molar-refractivity contribution in [3.63, 3.8) is 0 Å². The maximum absolute atomic E-state index is 12.9. The second-order valence-corrected chi connectivity index (χ2v) is 33.1. The van der Waals surface area contributed by atoms with Crippen molar-refractivity contribution >= 4 is 5.97 Å². The van der Waals surface area contributed by atoms with Crippen molar-refractivity contribution in [2.45, 2.75) is 144 Å². The maximum atomic E-state index is 12.9. The summed E-state index contributed by atoms with van der Waals surface area (Å²) in [5.41, 5.74) is 16.0. The molecule has 11 aromatic carbocycles. The van der Waals surface area contributed by atoms with Gasteiger partial charge in [0.25, 0.3) is 0 Å². The minimum absolute atomic E-state index is 0.00898. The van der Waals surface area contributed by atoms with Crippen molar-refractivity contribution in [2.24, 2.45) is 0 Å². The van der Waals surface area contributed by atoms with E-state index in [1.807, 2.05) is 182 Å². The number of benzene rings is 11. The number of aromatic carboxylic acids is 1. The zero-order chi connectivity index (χ0) is 81.6. The van der Waals surface area contributed by atoms with Gasteiger partial charge in [0.15, 0.2) is 0 Å². The number of ether oxygens (including phenoxy) is 6. The monoisotopic (exact) mass is 1560 g/mol. The largest absolute Gasteiger partial charge is 0.489 e. The first-order valence-corrected chi connectivity index (χ1v) is 38.7. The fourth-order valence-electron chi connectivity index (χ4n) is 12.9. The molecule has 4 aromatic heterocycles. The van der Waals surface area contributed by atoms with Crippen LogP contribution < -0.4 is 28.4 Å². The van der Waals surface area contributed by atoms with E-state index in [2.05, 4.69) is 172 Å². The highest BCUT2D eigenvalue weighted by Crippen LogP contribution is 2.37. The number of carboxylic acids is 1. The van der Waals surface area contributed by atoms with Crippen LogP contribution in [0.25, 0.3) is 91.6 Å². The fraction of sp³-hybridized carbons (Fsp3) is 0.227. The van der Waals surface area contributed by atoms with E-state index in [1.165, 1.54) is 34.4 Å². The van der Waals surface area contributed by atoms with Crippen molar-refractivity contribution in [1.29, 1.82) is 0 Å². The van der Waals surface area contributed by atoms with Crippen LogP contribution in [-0.2, 0) is 61.3 Å². The molecule has 15 rings (SSSR count). The van der Waals surface area contributed by atoms with Crippen LogP contribution >= 0.6 is 0 Å². The maximum Gasteiger partial charge on any atom is 0.335 e. The molecule has 15 aromatic rings. The summed E-state index contributed by atoms with van der Waals surface area (Å²) in [7, 11) is 0. The summed E-state index contributed by atoms with van der Waals surface area (Å²) in [6, 6.07) is 79.3. The number of carbonyl (C=O) groups is 1. The molecule has 20 heteroatoms. The molecule has 0 aliphatic heterocycles. The Morgan fingerprint density at radius 3 is 0.573 bits per heavy atom. The number of rotatable bonds is 27. The third kappa shape index (κ3) is 19.7. The molecule has 0 saturated carbocycles. The van der Waals surface area contributed by atoms with E-state index in [1.54, 1.807) is 6.07 Å². The van der Waals surface area contributed by atoms with Crippen molar-refractivity contribution in [3.05, 3.63) is 310 Å². The lowest BCUT2D eigenvalue weighted by molar-refractivity contribution is 0.0695. The average Bonchev–Trinajstić information content (AvgIpc) is 1.68. The number of carboxylic acid groups (broad SMARTS) is 1. The summed E-state index contributed by atoms with van der Waals surface area (Å²) in [6.45, 7) is 26.9. The summed E-state index contributed by atoms with van der Waals surface area (Å²) in [5, 5.41) is 45.4. The quantitative estimate of drug-likeness (QED) is 0.0502. The first-order chi connectivity index (χ1) is 56.2. The highest BCUT2D eigenvalue weighted by atomic mass is 16.5. The number of aromatic nitrogens is 8. The molecule has 117 heavy (non-hydrogen) atoms. The van der Waals surface area contributed by atoms with E-state index in [-0.39, 0.29) is 78.4 Å². The van der Waals surface area contributed by atoms with E-state index in [0.29, 0.717) is 81.3 Å². The molecule has 0 saturated heterocycles. The van der Waals surface area contributed by atoms with Gasteiger partial charge in [-0.1, -0.05) is 180 Å². The van der Waals surface area contributed by atoms with Crippen molar-refractivity contribution in [2.75, 3.05) is 0 Å². The first-order valence-electron chi connectivity index (χ1n) is 38.7. The first kappa shape index (κ1) is 78.5. The molecule has 590 valence electrons. The highest BCUT2D eigenvalue weighted by Gasteiger charge is 2.23. The van der Waals surface area contributed by atoms with Gasteiger partial charge in [-0.3, -0.25) is 0 Å². The topological polar surface area (TPSA) is 248 Å². The molecule has 0 spiro atoms. The second-order valence-electron chi connectivity index (χ2n) is 33.1. The Balaban J connectivity index is 0.645. The number of nitrogens with zero attached hydrogens (tertiary/aromatic N) is 8. The van der Waals surface area contributed by atoms with E-state index < -0.39 is 5.97 Å². The van der Waals surface area contributed by atoms with Gasteiger partial charge in [-0.25, -0.2) is 4.79 Å². The van der Waals surface area contributed by atoms with Gasteiger partial charge in [0.05, 0.1) is 5.56 Å². The Labute approximate surface area is 679 Å². The lowest BCUT2D eigenvalue weighted by atomic mass is 9.87. The number of hydrogen-bond donors (Lipinski definition) is 1. The van der Waals surface area contributed by atoms with Crippen LogP contribution in [0.2, 0.25) is 0 Å². The predicted molar refractivity (Wildman–Crippen MR) is 448 cm³/mol. The van der Waals surface area contributed by atoms with Crippen LogP contribution in [0, 0.1) is 0 Å². The van der Waals surface area contributed by atoms with E-state index in [9.17, 15) is 9.90 Å². The molecule has 1 N–H and O–H groups in total. The van der Waals surface area contributed by atoms with Crippen LogP contribution in [0.4, 0.5) is 0 Å². The normalized spacial score (nSPS) is 11.9. The van der Waals surface area contributed by atoms with Crippen LogP contribution in [0.3, 0.4) is 0 Å². The Hall–Kier alpha value is -13.8. The lowest BCUT2D eigenvalue weighted by Gasteiger charge is -2.18. The van der Waals surface area contributed by atoms with Crippen LogP contribution in [-0.4, -0.2) is 51.9 Å². The van der Waals surface area contributed by atoms with Gasteiger partial charge in [-0.05, 0) is 211 Å². The molecule has 0 amide bonds. The van der Waals surface area contributed by atoms with Gasteiger partial charge in [-0.15, -0.1) is 40.8 Å². The van der Waals surface area contributed by atoms with Gasteiger partial charge in [-0.2, -0.15) is 0 Å². The zero-order valence-corrected chi connectivity index (χ0v) is 67.4. The Bertz CT molecular complexity index is 5250. The van der Waals surface area contributed by atoms with Crippen molar-refractivity contribution in [1.82, 2.24) is 40.8 Å².